The van der Waals surface area contributed by atoms with Crippen molar-refractivity contribution in [1.82, 2.24) is 30.0 Å². The van der Waals surface area contributed by atoms with Crippen molar-refractivity contribution in [3.63, 3.8) is 0 Å². The molecule has 20 nitrogen and oxygen atoms in total. The van der Waals surface area contributed by atoms with Gasteiger partial charge in [0.1, 0.15) is 36.8 Å². The highest BCUT2D eigenvalue weighted by molar-refractivity contribution is 7.86. The van der Waals surface area contributed by atoms with Crippen molar-refractivity contribution < 1.29 is 51.9 Å². The quantitative estimate of drug-likeness (QED) is 0.0607. The van der Waals surface area contributed by atoms with Crippen molar-refractivity contribution in [3.8, 4) is 11.4 Å². The second-order valence-corrected chi connectivity index (χ2v) is 19.6. The lowest BCUT2D eigenvalue weighted by Gasteiger charge is -2.08. The molecule has 0 saturated carbocycles. The van der Waals surface area contributed by atoms with Gasteiger partial charge in [-0.2, -0.15) is 53.5 Å². The number of aromatic nitrogens is 6. The molecule has 9 rings (SSSR count). The van der Waals surface area contributed by atoms with Crippen LogP contribution in [0.1, 0.15) is 11.1 Å². The molecule has 0 amide bonds. The Kier molecular flexibility index (Phi) is 10.1. The van der Waals surface area contributed by atoms with E-state index in [1.54, 1.807) is 54.6 Å². The molecule has 0 fully saturated rings. The van der Waals surface area contributed by atoms with Crippen LogP contribution in [0.3, 0.4) is 0 Å². The number of nitrogens with zero attached hydrogens (tertiary/aromatic N) is 8. The Balaban J connectivity index is 1.02. The summed E-state index contributed by atoms with van der Waals surface area (Å²) >= 11 is 0. The van der Waals surface area contributed by atoms with Gasteiger partial charge < -0.3 is 0 Å². The largest absolute Gasteiger partial charge is 0.295 e. The van der Waals surface area contributed by atoms with Crippen LogP contribution in [0.25, 0.3) is 67.1 Å². The average molecular weight is 939 g/mol. The fraction of sp³-hybridized carbons (Fsp3) is 0. The number of fused-ring (bicyclic) bond motifs is 6. The molecule has 9 aromatic rings. The van der Waals surface area contributed by atoms with E-state index in [0.29, 0.717) is 38.6 Å². The maximum atomic E-state index is 12.5. The van der Waals surface area contributed by atoms with E-state index < -0.39 is 55.2 Å². The van der Waals surface area contributed by atoms with Gasteiger partial charge in [-0.25, -0.2) is 0 Å². The second-order valence-electron chi connectivity index (χ2n) is 14.0. The fourth-order valence-electron chi connectivity index (χ4n) is 6.94. The maximum Gasteiger partial charge on any atom is 0.295 e. The summed E-state index contributed by atoms with van der Waals surface area (Å²) < 4.78 is 137. The molecule has 7 aromatic carbocycles. The molecule has 0 radical (unpaired) electrons. The number of hydrogen-bond acceptors (Lipinski definition) is 14. The zero-order valence-electron chi connectivity index (χ0n) is 32.0. The Labute approximate surface area is 361 Å². The van der Waals surface area contributed by atoms with Gasteiger partial charge in [0.15, 0.2) is 0 Å². The van der Waals surface area contributed by atoms with E-state index >= 15 is 0 Å². The zero-order valence-corrected chi connectivity index (χ0v) is 35.2. The molecule has 0 aliphatic heterocycles. The van der Waals surface area contributed by atoms with E-state index in [9.17, 15) is 51.9 Å². The summed E-state index contributed by atoms with van der Waals surface area (Å²) in [6.07, 6.45) is 2.33. The molecule has 4 N–H and O–H groups in total. The smallest absolute Gasteiger partial charge is 0.282 e. The number of rotatable bonds is 10. The summed E-state index contributed by atoms with van der Waals surface area (Å²) in [5.41, 5.74) is 2.15. The van der Waals surface area contributed by atoms with Gasteiger partial charge in [-0.15, -0.1) is 20.4 Å². The Hall–Kier alpha value is -7.16. The normalized spacial score (nSPS) is 13.1. The molecule has 0 unspecified atom stereocenters. The first kappa shape index (κ1) is 42.2. The van der Waals surface area contributed by atoms with E-state index in [2.05, 4.69) is 30.6 Å². The minimum absolute atomic E-state index is 0.0716. The first-order chi connectivity index (χ1) is 30.2. The SMILES string of the molecule is O=S(=O)(O)c1ccc2c(ccc3nn(-c4ccc(N=Nc5ccc(S(=O)(=O)O)c(/C=C/c6cc(-n7nc8cc(S(=O)(=O)O)c9ccccc9c8n7)ccc6S(=O)(=O)O)c5)cc4)nc32)c1. The van der Waals surface area contributed by atoms with E-state index in [1.807, 2.05) is 0 Å². The highest BCUT2D eigenvalue weighted by Crippen LogP contribution is 2.32. The van der Waals surface area contributed by atoms with Crippen molar-refractivity contribution in [2.24, 2.45) is 10.2 Å². The van der Waals surface area contributed by atoms with Crippen LogP contribution in [0.2, 0.25) is 0 Å². The van der Waals surface area contributed by atoms with Crippen LogP contribution in [-0.2, 0) is 40.5 Å². The van der Waals surface area contributed by atoms with Crippen molar-refractivity contribution in [1.29, 1.82) is 0 Å². The number of hydrogen-bond donors (Lipinski definition) is 4. The van der Waals surface area contributed by atoms with Crippen LogP contribution < -0.4 is 0 Å². The molecular formula is C40H26N8O12S4. The summed E-state index contributed by atoms with van der Waals surface area (Å²) in [6, 6.07) is 28.6. The van der Waals surface area contributed by atoms with Crippen LogP contribution in [0.4, 0.5) is 11.4 Å². The predicted octanol–water partition coefficient (Wildman–Crippen LogP) is 7.03. The van der Waals surface area contributed by atoms with Crippen molar-refractivity contribution in [3.05, 3.63) is 132 Å². The third-order valence-corrected chi connectivity index (χ3v) is 13.4. The molecule has 0 bridgehead atoms. The molecule has 0 spiro atoms. The van der Waals surface area contributed by atoms with Gasteiger partial charge in [0, 0.05) is 16.2 Å². The fourth-order valence-corrected chi connectivity index (χ4v) is 9.50. The van der Waals surface area contributed by atoms with Crippen molar-refractivity contribution >= 4 is 108 Å². The molecule has 2 heterocycles. The van der Waals surface area contributed by atoms with Crippen LogP contribution in [0, 0.1) is 0 Å². The van der Waals surface area contributed by atoms with Crippen LogP contribution in [0.15, 0.2) is 151 Å². The van der Waals surface area contributed by atoms with Crippen molar-refractivity contribution in [2.75, 3.05) is 0 Å². The monoisotopic (exact) mass is 938 g/mol. The second kappa shape index (κ2) is 15.3. The Morgan fingerprint density at radius 1 is 0.438 bits per heavy atom. The predicted molar refractivity (Wildman–Crippen MR) is 232 cm³/mol. The maximum absolute atomic E-state index is 12.5. The van der Waals surface area contributed by atoms with Gasteiger partial charge in [-0.3, -0.25) is 18.2 Å². The van der Waals surface area contributed by atoms with Crippen LogP contribution >= 0.6 is 0 Å². The summed E-state index contributed by atoms with van der Waals surface area (Å²) in [4.78, 5) is 0.636. The van der Waals surface area contributed by atoms with Gasteiger partial charge in [0.25, 0.3) is 40.5 Å². The zero-order chi connectivity index (χ0) is 45.3. The highest BCUT2D eigenvalue weighted by Gasteiger charge is 2.22. The summed E-state index contributed by atoms with van der Waals surface area (Å²) in [5.74, 6) is 0. The van der Waals surface area contributed by atoms with E-state index in [1.165, 1.54) is 59.4 Å². The first-order valence-corrected chi connectivity index (χ1v) is 23.9. The molecule has 0 atom stereocenters. The molecule has 24 heteroatoms. The van der Waals surface area contributed by atoms with Gasteiger partial charge in [-0.05, 0) is 101 Å². The number of benzene rings is 7. The van der Waals surface area contributed by atoms with Gasteiger partial charge in [0.05, 0.1) is 27.6 Å². The standard InChI is InChI=1S/C40H26N8O12S4/c49-61(50,51)30-14-15-31-23(21-30)7-16-34-39(31)45-47(43-34)28-11-8-26(9-12-28)41-42-27-10-17-36(62(52,53)54)24(19-27)5-6-25-20-29(13-18-37(25)63(55,56)57)48-44-35-22-38(64(58,59)60)32-3-1-2-4-33(32)40(35)46-48/h1-22H,(H,49,50,51)(H,52,53,54)(H,55,56,57)(H,58,59,60)/b6-5+,42-41?. The minimum atomic E-state index is -4.87. The third kappa shape index (κ3) is 8.13. The molecule has 0 aliphatic carbocycles. The Morgan fingerprint density at radius 2 is 0.984 bits per heavy atom. The van der Waals surface area contributed by atoms with Gasteiger partial charge in [-0.1, -0.05) is 48.6 Å². The van der Waals surface area contributed by atoms with Crippen LogP contribution in [0.5, 0.6) is 0 Å². The number of azo groups is 1. The third-order valence-electron chi connectivity index (χ3n) is 9.85. The topological polar surface area (TPSA) is 304 Å². The summed E-state index contributed by atoms with van der Waals surface area (Å²) in [5, 5.41) is 27.9. The van der Waals surface area contributed by atoms with E-state index in [-0.39, 0.29) is 43.8 Å². The molecule has 322 valence electrons. The lowest BCUT2D eigenvalue weighted by Crippen LogP contribution is -2.04. The molecule has 0 aliphatic rings. The van der Waals surface area contributed by atoms with Gasteiger partial charge in [0.2, 0.25) is 0 Å². The Morgan fingerprint density at radius 3 is 1.64 bits per heavy atom. The minimum Gasteiger partial charge on any atom is -0.282 e. The lowest BCUT2D eigenvalue weighted by molar-refractivity contribution is 0.480. The van der Waals surface area contributed by atoms with E-state index in [0.717, 1.165) is 29.1 Å². The summed E-state index contributed by atoms with van der Waals surface area (Å²) in [6.45, 7) is 0. The lowest BCUT2D eigenvalue weighted by atomic mass is 10.1. The van der Waals surface area contributed by atoms with Gasteiger partial charge >= 0.3 is 0 Å². The van der Waals surface area contributed by atoms with Crippen LogP contribution in [-0.4, -0.2) is 81.9 Å². The molecule has 64 heavy (non-hydrogen) atoms. The average Bonchev–Trinajstić information content (AvgIpc) is 3.89. The first-order valence-electron chi connectivity index (χ1n) is 18.2. The highest BCUT2D eigenvalue weighted by atomic mass is 32.2. The summed E-state index contributed by atoms with van der Waals surface area (Å²) in [7, 11) is -18.8. The van der Waals surface area contributed by atoms with Crippen molar-refractivity contribution in [2.45, 2.75) is 19.6 Å². The molecule has 0 saturated heterocycles. The molecular weight excluding hydrogens is 913 g/mol. The Bertz CT molecular complexity index is 3970. The van der Waals surface area contributed by atoms with E-state index in [4.69, 9.17) is 0 Å². The molecule has 2 aromatic heterocycles.